The molecule has 0 aromatic heterocycles. The standard InChI is InChI=1S/C2H6BFO2.H3N/c1-2-6-3(4)5;/h5H,2H2,1H3;1H3. The van der Waals surface area contributed by atoms with Crippen LogP contribution in [0.5, 0.6) is 0 Å². The molecule has 0 bridgehead atoms. The number of halogens is 1. The molecule has 0 aliphatic carbocycles. The van der Waals surface area contributed by atoms with Crippen molar-refractivity contribution in [1.29, 1.82) is 0 Å². The zero-order valence-corrected chi connectivity index (χ0v) is 4.22. The molecule has 5 heteroatoms. The van der Waals surface area contributed by atoms with Crippen LogP contribution in [0.2, 0.25) is 0 Å². The van der Waals surface area contributed by atoms with Crippen LogP contribution in [0.25, 0.3) is 0 Å². The summed E-state index contributed by atoms with van der Waals surface area (Å²) in [4.78, 5) is 0. The third kappa shape index (κ3) is 10.7. The Labute approximate surface area is 42.3 Å². The molecule has 0 radical (unpaired) electrons. The average molecular weight is 109 g/mol. The second kappa shape index (κ2) is 5.87. The lowest BCUT2D eigenvalue weighted by Crippen LogP contribution is -2.09. The molecule has 0 unspecified atom stereocenters. The van der Waals surface area contributed by atoms with E-state index in [-0.39, 0.29) is 12.8 Å². The summed E-state index contributed by atoms with van der Waals surface area (Å²) < 4.78 is 15.0. The van der Waals surface area contributed by atoms with Crippen molar-refractivity contribution in [1.82, 2.24) is 6.15 Å². The van der Waals surface area contributed by atoms with Crippen molar-refractivity contribution in [2.45, 2.75) is 6.92 Å². The van der Waals surface area contributed by atoms with E-state index in [4.69, 9.17) is 5.02 Å². The Bertz CT molecular complexity index is 36.9. The van der Waals surface area contributed by atoms with Crippen LogP contribution in [0.4, 0.5) is 4.32 Å². The molecule has 0 spiro atoms. The normalized spacial score (nSPS) is 7.29. The summed E-state index contributed by atoms with van der Waals surface area (Å²) in [6, 6.07) is 0. The van der Waals surface area contributed by atoms with Gasteiger partial charge in [-0.2, -0.15) is 0 Å². The highest BCUT2D eigenvalue weighted by Gasteiger charge is 2.07. The van der Waals surface area contributed by atoms with Crippen LogP contribution in [-0.4, -0.2) is 19.0 Å². The molecule has 0 saturated heterocycles. The summed E-state index contributed by atoms with van der Waals surface area (Å²) in [6.07, 6.45) is 0. The Morgan fingerprint density at radius 3 is 2.29 bits per heavy atom. The third-order valence-corrected chi connectivity index (χ3v) is 0.304. The van der Waals surface area contributed by atoms with Crippen LogP contribution >= 0.6 is 0 Å². The van der Waals surface area contributed by atoms with Crippen LogP contribution in [0.15, 0.2) is 0 Å². The van der Waals surface area contributed by atoms with Crippen LogP contribution in [-0.2, 0) is 4.65 Å². The van der Waals surface area contributed by atoms with Crippen LogP contribution in [0.3, 0.4) is 0 Å². The Hall–Kier alpha value is -0.125. The van der Waals surface area contributed by atoms with E-state index in [1.54, 1.807) is 6.92 Å². The fourth-order valence-electron chi connectivity index (χ4n) is 0.138. The van der Waals surface area contributed by atoms with Crippen LogP contribution in [0, 0.1) is 0 Å². The highest BCUT2D eigenvalue weighted by molar-refractivity contribution is 6.33. The van der Waals surface area contributed by atoms with Gasteiger partial charge in [0.15, 0.2) is 0 Å². The van der Waals surface area contributed by atoms with E-state index >= 15 is 0 Å². The van der Waals surface area contributed by atoms with E-state index in [0.717, 1.165) is 0 Å². The van der Waals surface area contributed by atoms with Gasteiger partial charge in [-0.05, 0) is 6.92 Å². The predicted octanol–water partition coefficient (Wildman–Crippen LogP) is 0.132. The van der Waals surface area contributed by atoms with Crippen LogP contribution < -0.4 is 6.15 Å². The number of hydrogen-bond donors (Lipinski definition) is 2. The van der Waals surface area contributed by atoms with Gasteiger partial charge in [-0.3, -0.25) is 4.32 Å². The Kier molecular flexibility index (Phi) is 8.38. The number of hydrogen-bond acceptors (Lipinski definition) is 3. The van der Waals surface area contributed by atoms with Gasteiger partial charge < -0.3 is 15.8 Å². The van der Waals surface area contributed by atoms with Crippen molar-refractivity contribution in [3.8, 4) is 0 Å². The maximum Gasteiger partial charge on any atom is 0.677 e. The maximum absolute atomic E-state index is 11.0. The zero-order chi connectivity index (χ0) is 4.99. The summed E-state index contributed by atoms with van der Waals surface area (Å²) in [7, 11) is -2.10. The van der Waals surface area contributed by atoms with E-state index < -0.39 is 7.40 Å². The molecule has 0 heterocycles. The van der Waals surface area contributed by atoms with Gasteiger partial charge in [0.05, 0.1) is 0 Å². The summed E-state index contributed by atoms with van der Waals surface area (Å²) in [5.74, 6) is 0. The first kappa shape index (κ1) is 9.98. The molecule has 44 valence electrons. The van der Waals surface area contributed by atoms with Crippen molar-refractivity contribution in [2.75, 3.05) is 6.61 Å². The van der Waals surface area contributed by atoms with Gasteiger partial charge in [0.1, 0.15) is 0 Å². The smallest absolute Gasteiger partial charge is 0.398 e. The zero-order valence-electron chi connectivity index (χ0n) is 4.22. The summed E-state index contributed by atoms with van der Waals surface area (Å²) in [5, 5.41) is 7.66. The lowest BCUT2D eigenvalue weighted by Gasteiger charge is -1.89. The second-order valence-corrected chi connectivity index (χ2v) is 0.747. The monoisotopic (exact) mass is 109 g/mol. The molecule has 0 aromatic carbocycles. The van der Waals surface area contributed by atoms with Gasteiger partial charge in [-0.1, -0.05) is 0 Å². The molecule has 0 aliphatic rings. The van der Waals surface area contributed by atoms with Gasteiger partial charge >= 0.3 is 7.40 Å². The van der Waals surface area contributed by atoms with Crippen molar-refractivity contribution in [3.05, 3.63) is 0 Å². The third-order valence-electron chi connectivity index (χ3n) is 0.304. The molecule has 3 nitrogen and oxygen atoms in total. The maximum atomic E-state index is 11.0. The summed E-state index contributed by atoms with van der Waals surface area (Å²) >= 11 is 0. The quantitative estimate of drug-likeness (QED) is 0.495. The van der Waals surface area contributed by atoms with Crippen molar-refractivity contribution in [2.24, 2.45) is 0 Å². The topological polar surface area (TPSA) is 64.5 Å². The molecule has 0 amide bonds. The fraction of sp³-hybridized carbons (Fsp3) is 1.00. The lowest BCUT2D eigenvalue weighted by molar-refractivity contribution is 0.234. The van der Waals surface area contributed by atoms with E-state index in [0.29, 0.717) is 0 Å². The molecule has 0 aliphatic heterocycles. The highest BCUT2D eigenvalue weighted by atomic mass is 19.1. The molecule has 0 fully saturated rings. The van der Waals surface area contributed by atoms with Crippen molar-refractivity contribution >= 4 is 7.40 Å². The Morgan fingerprint density at radius 1 is 1.86 bits per heavy atom. The number of rotatable bonds is 2. The van der Waals surface area contributed by atoms with Gasteiger partial charge in [0.25, 0.3) is 0 Å². The van der Waals surface area contributed by atoms with Crippen molar-refractivity contribution in [3.63, 3.8) is 0 Å². The average Bonchev–Trinajstić information content (AvgIpc) is 1.35. The van der Waals surface area contributed by atoms with Crippen molar-refractivity contribution < 1.29 is 14.0 Å². The largest absolute Gasteiger partial charge is 0.677 e. The van der Waals surface area contributed by atoms with E-state index in [1.165, 1.54) is 0 Å². The van der Waals surface area contributed by atoms with Gasteiger partial charge in [0, 0.05) is 6.61 Å². The first-order valence-electron chi connectivity index (χ1n) is 1.71. The molecular formula is C2H9BFNO2. The SMILES string of the molecule is CCOB(O)F.N. The molecule has 0 rings (SSSR count). The Balaban J connectivity index is 0. The minimum atomic E-state index is -2.10. The summed E-state index contributed by atoms with van der Waals surface area (Å²) in [5.41, 5.74) is 0. The second-order valence-electron chi connectivity index (χ2n) is 0.747. The molecule has 7 heavy (non-hydrogen) atoms. The van der Waals surface area contributed by atoms with E-state index in [2.05, 4.69) is 4.65 Å². The minimum Gasteiger partial charge on any atom is -0.398 e. The highest BCUT2D eigenvalue weighted by Crippen LogP contribution is 1.77. The van der Waals surface area contributed by atoms with E-state index in [9.17, 15) is 4.32 Å². The minimum absolute atomic E-state index is 0. The molecule has 0 saturated carbocycles. The molecule has 4 N–H and O–H groups in total. The molecule has 0 aromatic rings. The first-order valence-corrected chi connectivity index (χ1v) is 1.71. The first-order chi connectivity index (χ1) is 2.77. The van der Waals surface area contributed by atoms with E-state index in [1.807, 2.05) is 0 Å². The van der Waals surface area contributed by atoms with Gasteiger partial charge in [-0.25, -0.2) is 0 Å². The summed E-state index contributed by atoms with van der Waals surface area (Å²) in [6.45, 7) is 1.81. The molecule has 0 atom stereocenters. The predicted molar refractivity (Wildman–Crippen MR) is 25.7 cm³/mol. The van der Waals surface area contributed by atoms with Gasteiger partial charge in [0.2, 0.25) is 0 Å². The lowest BCUT2D eigenvalue weighted by atomic mass is 10.3. The van der Waals surface area contributed by atoms with Crippen LogP contribution in [0.1, 0.15) is 6.92 Å². The fourth-order valence-corrected chi connectivity index (χ4v) is 0.138. The van der Waals surface area contributed by atoms with Gasteiger partial charge in [-0.15, -0.1) is 0 Å². The Morgan fingerprint density at radius 2 is 2.29 bits per heavy atom. The molecular weight excluding hydrogens is 99.8 g/mol.